The van der Waals surface area contributed by atoms with Crippen LogP contribution < -0.4 is 5.32 Å². The van der Waals surface area contributed by atoms with Gasteiger partial charge in [0.25, 0.3) is 0 Å². The van der Waals surface area contributed by atoms with Crippen LogP contribution in [0.2, 0.25) is 0 Å². The summed E-state index contributed by atoms with van der Waals surface area (Å²) in [6, 6.07) is 26.2. The number of amides is 2. The fraction of sp³-hybridized carbons (Fsp3) is 0.276. The van der Waals surface area contributed by atoms with Gasteiger partial charge in [-0.3, -0.25) is 4.79 Å². The molecule has 0 spiro atoms. The first-order valence-electron chi connectivity index (χ1n) is 12.3. The molecule has 1 aliphatic heterocycles. The van der Waals surface area contributed by atoms with E-state index in [-0.39, 0.29) is 18.4 Å². The number of aromatic nitrogens is 1. The lowest BCUT2D eigenvalue weighted by molar-refractivity contribution is -0.134. The second-order valence-electron chi connectivity index (χ2n) is 9.07. The number of carbonyl (C=O) groups is 2. The van der Waals surface area contributed by atoms with Crippen molar-refractivity contribution in [3.63, 3.8) is 0 Å². The highest BCUT2D eigenvalue weighted by Gasteiger charge is 2.32. The average molecular weight is 484 g/mol. The summed E-state index contributed by atoms with van der Waals surface area (Å²) in [4.78, 5) is 32.6. The molecule has 0 radical (unpaired) electrons. The first-order valence-corrected chi connectivity index (χ1v) is 12.3. The van der Waals surface area contributed by atoms with Crippen LogP contribution >= 0.6 is 0 Å². The number of likely N-dealkylation sites (tertiary alicyclic amines) is 1. The lowest BCUT2D eigenvalue weighted by Gasteiger charge is -2.33. The Kier molecular flexibility index (Phi) is 7.26. The third-order valence-electron chi connectivity index (χ3n) is 6.55. The molecule has 1 aliphatic rings. The molecule has 1 atom stereocenters. The Morgan fingerprint density at radius 1 is 0.917 bits per heavy atom. The van der Waals surface area contributed by atoms with E-state index in [1.54, 1.807) is 0 Å². The minimum Gasteiger partial charge on any atom is -0.445 e. The van der Waals surface area contributed by atoms with Crippen molar-refractivity contribution in [2.24, 2.45) is 0 Å². The highest BCUT2D eigenvalue weighted by molar-refractivity contribution is 5.86. The zero-order chi connectivity index (χ0) is 24.7. The van der Waals surface area contributed by atoms with E-state index < -0.39 is 12.1 Å². The van der Waals surface area contributed by atoms with Crippen LogP contribution in [0.5, 0.6) is 0 Å². The van der Waals surface area contributed by atoms with Crippen LogP contribution in [0.15, 0.2) is 89.3 Å². The summed E-state index contributed by atoms with van der Waals surface area (Å²) in [5.74, 6) is 0.788. The molecule has 184 valence electrons. The predicted molar refractivity (Wildman–Crippen MR) is 136 cm³/mol. The summed E-state index contributed by atoms with van der Waals surface area (Å²) in [5, 5.41) is 2.81. The molecule has 7 nitrogen and oxygen atoms in total. The number of ether oxygens (including phenoxy) is 1. The lowest BCUT2D eigenvalue weighted by atomic mass is 9.95. The van der Waals surface area contributed by atoms with Gasteiger partial charge in [0, 0.05) is 25.4 Å². The van der Waals surface area contributed by atoms with E-state index in [4.69, 9.17) is 9.15 Å². The SMILES string of the molecule is O=C(NC(Cc1ccccc1)C(=O)N1CCC(c2nc3ccccc3o2)CC1)OCc1ccccc1. The highest BCUT2D eigenvalue weighted by atomic mass is 16.5. The Balaban J connectivity index is 1.22. The Hall–Kier alpha value is -4.13. The number of nitrogens with one attached hydrogen (secondary N) is 1. The summed E-state index contributed by atoms with van der Waals surface area (Å²) in [6.07, 6.45) is 1.31. The fourth-order valence-electron chi connectivity index (χ4n) is 4.59. The number of carbonyl (C=O) groups excluding carboxylic acids is 2. The number of nitrogens with zero attached hydrogens (tertiary/aromatic N) is 2. The van der Waals surface area contributed by atoms with E-state index in [0.717, 1.165) is 41.0 Å². The number of hydrogen-bond donors (Lipinski definition) is 1. The number of rotatable bonds is 7. The summed E-state index contributed by atoms with van der Waals surface area (Å²) >= 11 is 0. The third kappa shape index (κ3) is 5.74. The summed E-state index contributed by atoms with van der Waals surface area (Å²) in [7, 11) is 0. The maximum absolute atomic E-state index is 13.5. The Morgan fingerprint density at radius 3 is 2.25 bits per heavy atom. The summed E-state index contributed by atoms with van der Waals surface area (Å²) in [5.41, 5.74) is 3.50. The van der Waals surface area contributed by atoms with Crippen LogP contribution in [0.4, 0.5) is 4.79 Å². The molecule has 3 aromatic carbocycles. The molecule has 36 heavy (non-hydrogen) atoms. The molecule has 2 heterocycles. The van der Waals surface area contributed by atoms with Gasteiger partial charge in [0.05, 0.1) is 0 Å². The van der Waals surface area contributed by atoms with Gasteiger partial charge in [-0.1, -0.05) is 72.8 Å². The predicted octanol–water partition coefficient (Wildman–Crippen LogP) is 5.07. The maximum atomic E-state index is 13.5. The standard InChI is InChI=1S/C29H29N3O4/c33-28(32-17-15-23(16-18-32)27-30-24-13-7-8-14-26(24)36-27)25(19-21-9-3-1-4-10-21)31-29(34)35-20-22-11-5-2-6-12-22/h1-14,23,25H,15-20H2,(H,31,34). The fourth-order valence-corrected chi connectivity index (χ4v) is 4.59. The summed E-state index contributed by atoms with van der Waals surface area (Å²) < 4.78 is 11.4. The molecule has 0 aliphatic carbocycles. The third-order valence-corrected chi connectivity index (χ3v) is 6.55. The zero-order valence-corrected chi connectivity index (χ0v) is 20.0. The number of benzene rings is 3. The number of para-hydroxylation sites is 2. The number of piperidine rings is 1. The number of fused-ring (bicyclic) bond motifs is 1. The van der Waals surface area contributed by atoms with Gasteiger partial charge in [-0.25, -0.2) is 9.78 Å². The van der Waals surface area contributed by atoms with Gasteiger partial charge in [0.15, 0.2) is 11.5 Å². The molecule has 5 rings (SSSR count). The van der Waals surface area contributed by atoms with Gasteiger partial charge in [0.2, 0.25) is 5.91 Å². The zero-order valence-electron chi connectivity index (χ0n) is 20.0. The second-order valence-corrected chi connectivity index (χ2v) is 9.07. The number of hydrogen-bond acceptors (Lipinski definition) is 5. The quantitative estimate of drug-likeness (QED) is 0.397. The monoisotopic (exact) mass is 483 g/mol. The van der Waals surface area contributed by atoms with Crippen LogP contribution in [0.1, 0.15) is 35.8 Å². The van der Waals surface area contributed by atoms with Gasteiger partial charge in [-0.2, -0.15) is 0 Å². The molecule has 1 N–H and O–H groups in total. The Labute approximate surface area is 210 Å². The van der Waals surface area contributed by atoms with Crippen molar-refractivity contribution in [3.05, 3.63) is 102 Å². The molecule has 1 unspecified atom stereocenters. The Bertz CT molecular complexity index is 1260. The van der Waals surface area contributed by atoms with Gasteiger partial charge in [-0.05, 0) is 36.1 Å². The highest BCUT2D eigenvalue weighted by Crippen LogP contribution is 2.30. The molecular formula is C29H29N3O4. The first kappa shape index (κ1) is 23.6. The molecule has 1 fully saturated rings. The molecular weight excluding hydrogens is 454 g/mol. The van der Waals surface area contributed by atoms with E-state index in [0.29, 0.717) is 19.5 Å². The number of oxazole rings is 1. The first-order chi connectivity index (χ1) is 17.7. The van der Waals surface area contributed by atoms with Gasteiger partial charge in [-0.15, -0.1) is 0 Å². The van der Waals surface area contributed by atoms with Crippen molar-refractivity contribution in [2.75, 3.05) is 13.1 Å². The molecule has 0 saturated carbocycles. The largest absolute Gasteiger partial charge is 0.445 e. The van der Waals surface area contributed by atoms with Gasteiger partial charge in [0.1, 0.15) is 18.2 Å². The van der Waals surface area contributed by atoms with E-state index in [1.165, 1.54) is 0 Å². The van der Waals surface area contributed by atoms with Crippen molar-refractivity contribution >= 4 is 23.1 Å². The van der Waals surface area contributed by atoms with Crippen LogP contribution in [-0.2, 0) is 22.6 Å². The minimum atomic E-state index is -0.712. The van der Waals surface area contributed by atoms with E-state index >= 15 is 0 Å². The van der Waals surface area contributed by atoms with Crippen LogP contribution in [0.25, 0.3) is 11.1 Å². The van der Waals surface area contributed by atoms with Gasteiger partial charge < -0.3 is 19.4 Å². The van der Waals surface area contributed by atoms with Crippen molar-refractivity contribution in [1.29, 1.82) is 0 Å². The average Bonchev–Trinajstić information content (AvgIpc) is 3.37. The normalized spacial score (nSPS) is 14.9. The van der Waals surface area contributed by atoms with Crippen molar-refractivity contribution in [2.45, 2.75) is 37.8 Å². The van der Waals surface area contributed by atoms with Gasteiger partial charge >= 0.3 is 6.09 Å². The molecule has 0 bridgehead atoms. The van der Waals surface area contributed by atoms with E-state index in [2.05, 4.69) is 10.3 Å². The van der Waals surface area contributed by atoms with E-state index in [9.17, 15) is 9.59 Å². The molecule has 2 amide bonds. The molecule has 7 heteroatoms. The molecule has 1 saturated heterocycles. The summed E-state index contributed by atoms with van der Waals surface area (Å²) in [6.45, 7) is 1.30. The number of alkyl carbamates (subject to hydrolysis) is 1. The smallest absolute Gasteiger partial charge is 0.408 e. The minimum absolute atomic E-state index is 0.105. The van der Waals surface area contributed by atoms with Crippen molar-refractivity contribution in [3.8, 4) is 0 Å². The Morgan fingerprint density at radius 2 is 1.56 bits per heavy atom. The maximum Gasteiger partial charge on any atom is 0.408 e. The lowest BCUT2D eigenvalue weighted by Crippen LogP contribution is -2.51. The van der Waals surface area contributed by atoms with Crippen LogP contribution in [-0.4, -0.2) is 41.0 Å². The van der Waals surface area contributed by atoms with Crippen molar-refractivity contribution in [1.82, 2.24) is 15.2 Å². The van der Waals surface area contributed by atoms with E-state index in [1.807, 2.05) is 89.8 Å². The van der Waals surface area contributed by atoms with Crippen LogP contribution in [0, 0.1) is 0 Å². The molecule has 4 aromatic rings. The van der Waals surface area contributed by atoms with Crippen molar-refractivity contribution < 1.29 is 18.7 Å². The molecule has 1 aromatic heterocycles. The second kappa shape index (κ2) is 11.1. The van der Waals surface area contributed by atoms with Crippen LogP contribution in [0.3, 0.4) is 0 Å². The topological polar surface area (TPSA) is 84.7 Å².